The van der Waals surface area contributed by atoms with Crippen molar-refractivity contribution in [3.8, 4) is 0 Å². The maximum Gasteiger partial charge on any atom is 0.137 e. The van der Waals surface area contributed by atoms with E-state index in [0.29, 0.717) is 10.4 Å². The summed E-state index contributed by atoms with van der Waals surface area (Å²) < 4.78 is 13.7. The molecule has 2 unspecified atom stereocenters. The van der Waals surface area contributed by atoms with E-state index in [1.54, 1.807) is 0 Å². The largest absolute Gasteiger partial charge is 0.325 e. The Bertz CT molecular complexity index is 407. The lowest BCUT2D eigenvalue weighted by Gasteiger charge is -2.37. The summed E-state index contributed by atoms with van der Waals surface area (Å²) >= 11 is 3.22. The summed E-state index contributed by atoms with van der Waals surface area (Å²) in [4.78, 5) is 0. The second-order valence-electron chi connectivity index (χ2n) is 5.49. The van der Waals surface area contributed by atoms with E-state index >= 15 is 0 Å². The van der Waals surface area contributed by atoms with Crippen LogP contribution in [0.1, 0.15) is 38.2 Å². The highest BCUT2D eigenvalue weighted by atomic mass is 79.9. The lowest BCUT2D eigenvalue weighted by Crippen LogP contribution is -2.45. The zero-order chi connectivity index (χ0) is 12.5. The highest BCUT2D eigenvalue weighted by Gasteiger charge is 2.31. The molecule has 1 saturated carbocycles. The van der Waals surface area contributed by atoms with Crippen LogP contribution in [0.25, 0.3) is 0 Å². The third kappa shape index (κ3) is 3.29. The molecule has 1 aliphatic carbocycles. The van der Waals surface area contributed by atoms with Crippen molar-refractivity contribution in [2.45, 2.75) is 44.6 Å². The molecule has 0 aliphatic heterocycles. The molecule has 94 valence electrons. The molecule has 0 bridgehead atoms. The van der Waals surface area contributed by atoms with Crippen LogP contribution in [-0.2, 0) is 6.42 Å². The first-order valence-corrected chi connectivity index (χ1v) is 7.01. The van der Waals surface area contributed by atoms with Crippen molar-refractivity contribution < 1.29 is 4.39 Å². The van der Waals surface area contributed by atoms with Gasteiger partial charge >= 0.3 is 0 Å². The van der Waals surface area contributed by atoms with Gasteiger partial charge in [0.05, 0.1) is 4.47 Å². The van der Waals surface area contributed by atoms with Crippen LogP contribution in [0.4, 0.5) is 4.39 Å². The Balaban J connectivity index is 2.11. The summed E-state index contributed by atoms with van der Waals surface area (Å²) in [6, 6.07) is 5.20. The molecule has 0 amide bonds. The smallest absolute Gasteiger partial charge is 0.137 e. The van der Waals surface area contributed by atoms with Gasteiger partial charge in [-0.25, -0.2) is 4.39 Å². The van der Waals surface area contributed by atoms with E-state index < -0.39 is 0 Å². The molecular weight excluding hydrogens is 281 g/mol. The highest BCUT2D eigenvalue weighted by molar-refractivity contribution is 9.10. The molecule has 1 aromatic carbocycles. The van der Waals surface area contributed by atoms with Crippen LogP contribution < -0.4 is 5.73 Å². The maximum absolute atomic E-state index is 13.2. The second-order valence-corrected chi connectivity index (χ2v) is 6.34. The molecule has 1 nitrogen and oxygen atoms in total. The third-order valence-corrected chi connectivity index (χ3v) is 4.27. The van der Waals surface area contributed by atoms with Gasteiger partial charge in [0.25, 0.3) is 0 Å². The summed E-state index contributed by atoms with van der Waals surface area (Å²) in [5.74, 6) is 0.495. The molecule has 2 rings (SSSR count). The lowest BCUT2D eigenvalue weighted by atomic mass is 9.74. The van der Waals surface area contributed by atoms with E-state index in [1.807, 2.05) is 12.1 Å². The predicted octanol–water partition coefficient (Wildman–Crippen LogP) is 4.04. The molecule has 1 aromatic rings. The van der Waals surface area contributed by atoms with Gasteiger partial charge in [-0.05, 0) is 58.8 Å². The van der Waals surface area contributed by atoms with Gasteiger partial charge in [-0.2, -0.15) is 0 Å². The van der Waals surface area contributed by atoms with Gasteiger partial charge in [-0.1, -0.05) is 25.8 Å². The Kier molecular flexibility index (Phi) is 3.88. The summed E-state index contributed by atoms with van der Waals surface area (Å²) in [5.41, 5.74) is 7.48. The van der Waals surface area contributed by atoms with Gasteiger partial charge in [0.2, 0.25) is 0 Å². The van der Waals surface area contributed by atoms with Crippen LogP contribution in [0.15, 0.2) is 22.7 Å². The van der Waals surface area contributed by atoms with E-state index in [-0.39, 0.29) is 11.4 Å². The van der Waals surface area contributed by atoms with Crippen molar-refractivity contribution in [2.75, 3.05) is 0 Å². The molecule has 2 atom stereocenters. The molecule has 17 heavy (non-hydrogen) atoms. The molecule has 0 aromatic heterocycles. The summed E-state index contributed by atoms with van der Waals surface area (Å²) in [7, 11) is 0. The number of nitrogens with two attached hydrogens (primary N) is 1. The first-order valence-electron chi connectivity index (χ1n) is 6.21. The molecule has 1 fully saturated rings. The van der Waals surface area contributed by atoms with Crippen LogP contribution in [0.5, 0.6) is 0 Å². The second kappa shape index (κ2) is 5.07. The van der Waals surface area contributed by atoms with Crippen molar-refractivity contribution in [3.63, 3.8) is 0 Å². The molecule has 0 radical (unpaired) electrons. The van der Waals surface area contributed by atoms with Crippen LogP contribution in [-0.4, -0.2) is 5.54 Å². The Morgan fingerprint density at radius 1 is 1.53 bits per heavy atom. The minimum absolute atomic E-state index is 0.102. The number of halogens is 2. The number of rotatable bonds is 2. The Morgan fingerprint density at radius 3 is 2.94 bits per heavy atom. The normalized spacial score (nSPS) is 29.3. The van der Waals surface area contributed by atoms with Gasteiger partial charge in [0, 0.05) is 5.54 Å². The average molecular weight is 300 g/mol. The van der Waals surface area contributed by atoms with Gasteiger partial charge in [-0.15, -0.1) is 0 Å². The molecule has 1 aliphatic rings. The Hall–Kier alpha value is -0.410. The molecule has 0 saturated heterocycles. The summed E-state index contributed by atoms with van der Waals surface area (Å²) in [6.07, 6.45) is 5.48. The highest BCUT2D eigenvalue weighted by Crippen LogP contribution is 2.33. The van der Waals surface area contributed by atoms with Crippen LogP contribution >= 0.6 is 15.9 Å². The van der Waals surface area contributed by atoms with Gasteiger partial charge < -0.3 is 5.73 Å². The first kappa shape index (κ1) is 13.0. The number of hydrogen-bond acceptors (Lipinski definition) is 1. The molecule has 3 heteroatoms. The quantitative estimate of drug-likeness (QED) is 0.876. The third-order valence-electron chi connectivity index (χ3n) is 3.67. The SMILES string of the molecule is CC1CCCC(N)(Cc2ccc(F)c(Br)c2)C1. The first-order chi connectivity index (χ1) is 7.98. The van der Waals surface area contributed by atoms with E-state index in [4.69, 9.17) is 5.73 Å². The van der Waals surface area contributed by atoms with Gasteiger partial charge in [0.15, 0.2) is 0 Å². The fourth-order valence-corrected chi connectivity index (χ4v) is 3.34. The van der Waals surface area contributed by atoms with Crippen LogP contribution in [0.2, 0.25) is 0 Å². The maximum atomic E-state index is 13.2. The zero-order valence-electron chi connectivity index (χ0n) is 10.2. The van der Waals surface area contributed by atoms with E-state index in [1.165, 1.54) is 18.9 Å². The van der Waals surface area contributed by atoms with Gasteiger partial charge in [0.1, 0.15) is 5.82 Å². The average Bonchev–Trinajstić information content (AvgIpc) is 2.22. The fraction of sp³-hybridized carbons (Fsp3) is 0.571. The molecule has 2 N–H and O–H groups in total. The molecule has 0 heterocycles. The minimum Gasteiger partial charge on any atom is -0.325 e. The van der Waals surface area contributed by atoms with Crippen molar-refractivity contribution in [3.05, 3.63) is 34.1 Å². The van der Waals surface area contributed by atoms with Crippen molar-refractivity contribution in [1.29, 1.82) is 0 Å². The van der Waals surface area contributed by atoms with Crippen LogP contribution in [0, 0.1) is 11.7 Å². The number of hydrogen-bond donors (Lipinski definition) is 1. The van der Waals surface area contributed by atoms with Crippen LogP contribution in [0.3, 0.4) is 0 Å². The summed E-state index contributed by atoms with van der Waals surface area (Å²) in [6.45, 7) is 2.27. The Morgan fingerprint density at radius 2 is 2.29 bits per heavy atom. The van der Waals surface area contributed by atoms with E-state index in [2.05, 4.69) is 22.9 Å². The predicted molar refractivity (Wildman–Crippen MR) is 72.4 cm³/mol. The van der Waals surface area contributed by atoms with Gasteiger partial charge in [-0.3, -0.25) is 0 Å². The zero-order valence-corrected chi connectivity index (χ0v) is 11.8. The van der Waals surface area contributed by atoms with E-state index in [9.17, 15) is 4.39 Å². The molecule has 0 spiro atoms. The summed E-state index contributed by atoms with van der Waals surface area (Å²) in [5, 5.41) is 0. The lowest BCUT2D eigenvalue weighted by molar-refractivity contribution is 0.235. The molecular formula is C14H19BrFN. The van der Waals surface area contributed by atoms with Crippen molar-refractivity contribution in [1.82, 2.24) is 0 Å². The standard InChI is InChI=1S/C14H19BrFN/c1-10-3-2-6-14(17,8-10)9-11-4-5-13(16)12(15)7-11/h4-5,7,10H,2-3,6,8-9,17H2,1H3. The van der Waals surface area contributed by atoms with Crippen molar-refractivity contribution in [2.24, 2.45) is 11.7 Å². The van der Waals surface area contributed by atoms with Crippen molar-refractivity contribution >= 4 is 15.9 Å². The Labute approximate surface area is 111 Å². The monoisotopic (exact) mass is 299 g/mol. The minimum atomic E-state index is -0.211. The van der Waals surface area contributed by atoms with E-state index in [0.717, 1.165) is 24.8 Å². The topological polar surface area (TPSA) is 26.0 Å². The number of benzene rings is 1. The fourth-order valence-electron chi connectivity index (χ4n) is 2.92.